The Morgan fingerprint density at radius 3 is 2.75 bits per heavy atom. The number of hydrogen-bond acceptors (Lipinski definition) is 5. The molecule has 0 atom stereocenters. The van der Waals surface area contributed by atoms with Crippen LogP contribution < -0.4 is 4.90 Å². The Morgan fingerprint density at radius 1 is 1.60 bits per heavy atom. The summed E-state index contributed by atoms with van der Waals surface area (Å²) in [5, 5.41) is 19.9. The van der Waals surface area contributed by atoms with Gasteiger partial charge in [0.25, 0.3) is 0 Å². The predicted octanol–water partition coefficient (Wildman–Crippen LogP) is 2.31. The molecule has 1 aromatic heterocycles. The van der Waals surface area contributed by atoms with Crippen molar-refractivity contribution in [3.63, 3.8) is 0 Å². The van der Waals surface area contributed by atoms with Crippen molar-refractivity contribution in [2.24, 2.45) is 5.92 Å². The molecule has 1 N–H and O–H groups in total. The lowest BCUT2D eigenvalue weighted by Crippen LogP contribution is -2.33. The maximum atomic E-state index is 11.1. The fraction of sp³-hybridized carbons (Fsp3) is 0.538. The first-order valence-electron chi connectivity index (χ1n) is 6.65. The molecular formula is C13H17N3O4. The Balaban J connectivity index is 2.28. The first-order chi connectivity index (χ1) is 9.52. The Hall–Kier alpha value is -2.18. The van der Waals surface area contributed by atoms with Crippen LogP contribution in [0.25, 0.3) is 0 Å². The van der Waals surface area contributed by atoms with E-state index in [1.807, 2.05) is 11.8 Å². The molecule has 0 amide bonds. The smallest absolute Gasteiger partial charge is 0.342 e. The number of pyridine rings is 1. The fourth-order valence-electron chi connectivity index (χ4n) is 2.30. The summed E-state index contributed by atoms with van der Waals surface area (Å²) in [6.07, 6.45) is 4.61. The number of nitro groups is 1. The van der Waals surface area contributed by atoms with Gasteiger partial charge in [-0.25, -0.2) is 9.78 Å². The van der Waals surface area contributed by atoms with Crippen molar-refractivity contribution < 1.29 is 14.8 Å². The number of rotatable bonds is 6. The fourth-order valence-corrected chi connectivity index (χ4v) is 2.30. The molecule has 7 heteroatoms. The number of aromatic carboxylic acids is 1. The molecule has 1 aromatic rings. The molecule has 0 spiro atoms. The molecule has 108 valence electrons. The zero-order valence-electron chi connectivity index (χ0n) is 11.3. The first-order valence-corrected chi connectivity index (χ1v) is 6.65. The van der Waals surface area contributed by atoms with Crippen molar-refractivity contribution in [3.05, 3.63) is 27.9 Å². The second-order valence-electron chi connectivity index (χ2n) is 4.96. The van der Waals surface area contributed by atoms with Gasteiger partial charge < -0.3 is 10.0 Å². The number of carbonyl (C=O) groups is 1. The van der Waals surface area contributed by atoms with Crippen LogP contribution >= 0.6 is 0 Å². The third-order valence-electron chi connectivity index (χ3n) is 3.70. The monoisotopic (exact) mass is 279 g/mol. The van der Waals surface area contributed by atoms with E-state index in [1.165, 1.54) is 25.3 Å². The van der Waals surface area contributed by atoms with Crippen molar-refractivity contribution in [1.29, 1.82) is 0 Å². The van der Waals surface area contributed by atoms with E-state index in [-0.39, 0.29) is 5.56 Å². The molecule has 0 radical (unpaired) electrons. The minimum atomic E-state index is -1.31. The first kappa shape index (κ1) is 14.2. The SMILES string of the molecule is CCN(CC1CCC1)c1cc(C(=O)O)c([N+](=O)[O-])cn1. The third-order valence-corrected chi connectivity index (χ3v) is 3.70. The Morgan fingerprint density at radius 2 is 2.30 bits per heavy atom. The van der Waals surface area contributed by atoms with E-state index in [1.54, 1.807) is 0 Å². The number of carboxylic acid groups (broad SMARTS) is 1. The molecule has 1 saturated carbocycles. The highest BCUT2D eigenvalue weighted by Crippen LogP contribution is 2.29. The zero-order valence-corrected chi connectivity index (χ0v) is 11.3. The van der Waals surface area contributed by atoms with E-state index in [2.05, 4.69) is 4.98 Å². The summed E-state index contributed by atoms with van der Waals surface area (Å²) in [5.74, 6) is -0.206. The van der Waals surface area contributed by atoms with Gasteiger partial charge in [-0.1, -0.05) is 6.42 Å². The van der Waals surface area contributed by atoms with Crippen LogP contribution in [-0.2, 0) is 0 Å². The van der Waals surface area contributed by atoms with Gasteiger partial charge in [-0.2, -0.15) is 0 Å². The minimum Gasteiger partial charge on any atom is -0.477 e. The number of aromatic nitrogens is 1. The second kappa shape index (κ2) is 5.85. The molecule has 0 bridgehead atoms. The maximum absolute atomic E-state index is 11.1. The molecule has 0 aromatic carbocycles. The molecule has 1 heterocycles. The van der Waals surface area contributed by atoms with Gasteiger partial charge in [0.1, 0.15) is 17.6 Å². The largest absolute Gasteiger partial charge is 0.477 e. The van der Waals surface area contributed by atoms with Crippen LogP contribution in [0, 0.1) is 16.0 Å². The summed E-state index contributed by atoms with van der Waals surface area (Å²) in [6, 6.07) is 1.29. The molecule has 0 saturated heterocycles. The van der Waals surface area contributed by atoms with Gasteiger partial charge in [-0.3, -0.25) is 10.1 Å². The second-order valence-corrected chi connectivity index (χ2v) is 4.96. The van der Waals surface area contributed by atoms with Gasteiger partial charge >= 0.3 is 11.7 Å². The van der Waals surface area contributed by atoms with Gasteiger partial charge in [0.15, 0.2) is 0 Å². The number of hydrogen-bond donors (Lipinski definition) is 1. The number of nitrogens with zero attached hydrogens (tertiary/aromatic N) is 3. The average Bonchev–Trinajstić information content (AvgIpc) is 2.37. The van der Waals surface area contributed by atoms with Gasteiger partial charge in [0.2, 0.25) is 0 Å². The van der Waals surface area contributed by atoms with Crippen LogP contribution in [0.4, 0.5) is 11.5 Å². The minimum absolute atomic E-state index is 0.313. The summed E-state index contributed by atoms with van der Waals surface area (Å²) < 4.78 is 0. The molecule has 7 nitrogen and oxygen atoms in total. The van der Waals surface area contributed by atoms with Gasteiger partial charge in [-0.15, -0.1) is 0 Å². The summed E-state index contributed by atoms with van der Waals surface area (Å²) in [5.41, 5.74) is -0.784. The Labute approximate surface area is 116 Å². The Kier molecular flexibility index (Phi) is 4.16. The van der Waals surface area contributed by atoms with Crippen LogP contribution in [0.2, 0.25) is 0 Å². The highest BCUT2D eigenvalue weighted by Gasteiger charge is 2.25. The predicted molar refractivity (Wildman–Crippen MR) is 73.1 cm³/mol. The van der Waals surface area contributed by atoms with Gasteiger partial charge in [0.05, 0.1) is 4.92 Å². The van der Waals surface area contributed by atoms with Crippen LogP contribution in [0.1, 0.15) is 36.5 Å². The molecule has 20 heavy (non-hydrogen) atoms. The zero-order chi connectivity index (χ0) is 14.7. The van der Waals surface area contributed by atoms with E-state index in [4.69, 9.17) is 5.11 Å². The summed E-state index contributed by atoms with van der Waals surface area (Å²) in [4.78, 5) is 27.2. The normalized spacial score (nSPS) is 14.7. The van der Waals surface area contributed by atoms with E-state index >= 15 is 0 Å². The lowest BCUT2D eigenvalue weighted by molar-refractivity contribution is -0.385. The topological polar surface area (TPSA) is 96.6 Å². The van der Waals surface area contributed by atoms with E-state index in [0.717, 1.165) is 12.7 Å². The molecule has 1 aliphatic rings. The standard InChI is InChI=1S/C13H17N3O4/c1-2-15(8-9-4-3-5-9)12-6-10(13(17)18)11(7-14-12)16(19)20/h6-7,9H,2-5,8H2,1H3,(H,17,18). The average molecular weight is 279 g/mol. The molecule has 0 unspecified atom stereocenters. The van der Waals surface area contributed by atoms with Crippen LogP contribution in [-0.4, -0.2) is 34.1 Å². The third kappa shape index (κ3) is 2.87. The van der Waals surface area contributed by atoms with Gasteiger partial charge in [-0.05, 0) is 25.7 Å². The summed E-state index contributed by atoms with van der Waals surface area (Å²) in [7, 11) is 0. The van der Waals surface area contributed by atoms with Crippen molar-refractivity contribution in [1.82, 2.24) is 4.98 Å². The van der Waals surface area contributed by atoms with Crippen LogP contribution in [0.5, 0.6) is 0 Å². The maximum Gasteiger partial charge on any atom is 0.342 e. The Bertz CT molecular complexity index is 528. The van der Waals surface area contributed by atoms with Crippen LogP contribution in [0.3, 0.4) is 0 Å². The molecule has 1 fully saturated rings. The summed E-state index contributed by atoms with van der Waals surface area (Å²) in [6.45, 7) is 3.48. The molecule has 1 aliphatic carbocycles. The molecule has 2 rings (SSSR count). The van der Waals surface area contributed by atoms with Crippen molar-refractivity contribution >= 4 is 17.5 Å². The van der Waals surface area contributed by atoms with Crippen molar-refractivity contribution in [3.8, 4) is 0 Å². The lowest BCUT2D eigenvalue weighted by atomic mass is 9.85. The van der Waals surface area contributed by atoms with E-state index in [9.17, 15) is 14.9 Å². The van der Waals surface area contributed by atoms with E-state index < -0.39 is 16.6 Å². The highest BCUT2D eigenvalue weighted by atomic mass is 16.6. The number of carboxylic acids is 1. The number of anilines is 1. The molecule has 0 aliphatic heterocycles. The lowest BCUT2D eigenvalue weighted by Gasteiger charge is -2.32. The van der Waals surface area contributed by atoms with Crippen LogP contribution in [0.15, 0.2) is 12.3 Å². The van der Waals surface area contributed by atoms with Crippen molar-refractivity contribution in [2.75, 3.05) is 18.0 Å². The van der Waals surface area contributed by atoms with E-state index in [0.29, 0.717) is 18.3 Å². The quantitative estimate of drug-likeness (QED) is 0.634. The highest BCUT2D eigenvalue weighted by molar-refractivity contribution is 5.93. The van der Waals surface area contributed by atoms with Gasteiger partial charge in [0, 0.05) is 19.2 Å². The van der Waals surface area contributed by atoms with Crippen molar-refractivity contribution in [2.45, 2.75) is 26.2 Å². The summed E-state index contributed by atoms with van der Waals surface area (Å²) >= 11 is 0. The molecular weight excluding hydrogens is 262 g/mol.